The first-order valence-electron chi connectivity index (χ1n) is 10.8. The molecule has 0 radical (unpaired) electrons. The number of hydrogen-bond acceptors (Lipinski definition) is 4. The van der Waals surface area contributed by atoms with Gasteiger partial charge in [-0.1, -0.05) is 42.5 Å². The summed E-state index contributed by atoms with van der Waals surface area (Å²) in [6.07, 6.45) is 0. The van der Waals surface area contributed by atoms with Gasteiger partial charge in [0.25, 0.3) is 0 Å². The van der Waals surface area contributed by atoms with Crippen molar-refractivity contribution < 1.29 is 9.47 Å². The Kier molecular flexibility index (Phi) is 9.00. The van der Waals surface area contributed by atoms with E-state index in [0.29, 0.717) is 19.8 Å². The third-order valence-electron chi connectivity index (χ3n) is 5.20. The second-order valence-corrected chi connectivity index (χ2v) is 7.28. The largest absolute Gasteiger partial charge is 0.379 e. The van der Waals surface area contributed by atoms with Crippen LogP contribution in [0.1, 0.15) is 18.1 Å². The second kappa shape index (κ2) is 12.2. The molecule has 0 aliphatic carbocycles. The fourth-order valence-electron chi connectivity index (χ4n) is 3.61. The number of nitrogens with zero attached hydrogens (tertiary/aromatic N) is 3. The highest BCUT2D eigenvalue weighted by Gasteiger charge is 2.19. The Morgan fingerprint density at radius 2 is 1.67 bits per heavy atom. The highest BCUT2D eigenvalue weighted by molar-refractivity contribution is 5.80. The SMILES string of the molecule is CCOCCOCc1cccc(CNC(=NC)N2CCN(c3ccccc3)CC2)c1. The van der Waals surface area contributed by atoms with E-state index >= 15 is 0 Å². The van der Waals surface area contributed by atoms with E-state index in [1.165, 1.54) is 16.8 Å². The molecule has 3 rings (SSSR count). The molecule has 30 heavy (non-hydrogen) atoms. The molecule has 0 spiro atoms. The molecule has 1 saturated heterocycles. The molecule has 0 atom stereocenters. The van der Waals surface area contributed by atoms with Gasteiger partial charge >= 0.3 is 0 Å². The average molecular weight is 411 g/mol. The second-order valence-electron chi connectivity index (χ2n) is 7.28. The van der Waals surface area contributed by atoms with Crippen LogP contribution in [0.4, 0.5) is 5.69 Å². The third kappa shape index (κ3) is 6.75. The standard InChI is InChI=1S/C24H34N4O2/c1-3-29-16-17-30-20-22-9-7-8-21(18-22)19-26-24(25-2)28-14-12-27(13-15-28)23-10-5-4-6-11-23/h4-11,18H,3,12-17,19-20H2,1-2H3,(H,25,26). The van der Waals surface area contributed by atoms with Gasteiger partial charge in [-0.2, -0.15) is 0 Å². The lowest BCUT2D eigenvalue weighted by atomic mass is 10.1. The van der Waals surface area contributed by atoms with Gasteiger partial charge in [-0.3, -0.25) is 4.99 Å². The van der Waals surface area contributed by atoms with Crippen molar-refractivity contribution in [2.75, 3.05) is 57.9 Å². The smallest absolute Gasteiger partial charge is 0.194 e. The van der Waals surface area contributed by atoms with Crippen LogP contribution in [0.5, 0.6) is 0 Å². The van der Waals surface area contributed by atoms with Crippen molar-refractivity contribution in [3.63, 3.8) is 0 Å². The van der Waals surface area contributed by atoms with Crippen molar-refractivity contribution in [3.8, 4) is 0 Å². The number of nitrogens with one attached hydrogen (secondary N) is 1. The number of hydrogen-bond donors (Lipinski definition) is 1. The molecular weight excluding hydrogens is 376 g/mol. The third-order valence-corrected chi connectivity index (χ3v) is 5.20. The van der Waals surface area contributed by atoms with Crippen molar-refractivity contribution >= 4 is 11.6 Å². The molecule has 162 valence electrons. The zero-order chi connectivity index (χ0) is 21.0. The lowest BCUT2D eigenvalue weighted by Crippen LogP contribution is -2.52. The average Bonchev–Trinajstić information content (AvgIpc) is 2.81. The van der Waals surface area contributed by atoms with Gasteiger partial charge in [0, 0.05) is 52.1 Å². The molecule has 2 aromatic rings. The number of rotatable bonds is 9. The van der Waals surface area contributed by atoms with E-state index in [0.717, 1.165) is 45.3 Å². The molecule has 6 nitrogen and oxygen atoms in total. The lowest BCUT2D eigenvalue weighted by molar-refractivity contribution is 0.0453. The highest BCUT2D eigenvalue weighted by Crippen LogP contribution is 2.15. The van der Waals surface area contributed by atoms with Crippen LogP contribution < -0.4 is 10.2 Å². The van der Waals surface area contributed by atoms with Crippen LogP contribution in [-0.4, -0.2) is 63.9 Å². The molecule has 0 saturated carbocycles. The zero-order valence-corrected chi connectivity index (χ0v) is 18.2. The molecular formula is C24H34N4O2. The Morgan fingerprint density at radius 1 is 0.933 bits per heavy atom. The van der Waals surface area contributed by atoms with Crippen LogP contribution in [0.25, 0.3) is 0 Å². The van der Waals surface area contributed by atoms with Crippen molar-refractivity contribution in [1.82, 2.24) is 10.2 Å². The normalized spacial score (nSPS) is 14.8. The summed E-state index contributed by atoms with van der Waals surface area (Å²) in [6, 6.07) is 19.1. The number of benzene rings is 2. The summed E-state index contributed by atoms with van der Waals surface area (Å²) in [6.45, 7) is 9.27. The minimum atomic E-state index is 0.608. The van der Waals surface area contributed by atoms with Crippen LogP contribution in [0.3, 0.4) is 0 Å². The van der Waals surface area contributed by atoms with Crippen LogP contribution in [0.2, 0.25) is 0 Å². The lowest BCUT2D eigenvalue weighted by Gasteiger charge is -2.37. The van der Waals surface area contributed by atoms with Crippen LogP contribution in [0.15, 0.2) is 59.6 Å². The Labute approximate surface area is 180 Å². The molecule has 1 fully saturated rings. The molecule has 0 aromatic heterocycles. The van der Waals surface area contributed by atoms with Gasteiger partial charge in [-0.15, -0.1) is 0 Å². The molecule has 6 heteroatoms. The van der Waals surface area contributed by atoms with Crippen molar-refractivity contribution in [1.29, 1.82) is 0 Å². The van der Waals surface area contributed by atoms with Crippen molar-refractivity contribution in [2.24, 2.45) is 4.99 Å². The molecule has 1 aliphatic rings. The van der Waals surface area contributed by atoms with E-state index < -0.39 is 0 Å². The number of ether oxygens (including phenoxy) is 2. The molecule has 1 N–H and O–H groups in total. The maximum atomic E-state index is 5.68. The summed E-state index contributed by atoms with van der Waals surface area (Å²) in [7, 11) is 1.86. The topological polar surface area (TPSA) is 49.3 Å². The molecule has 1 aliphatic heterocycles. The Bertz CT molecular complexity index is 774. The number of piperazine rings is 1. The predicted octanol–water partition coefficient (Wildman–Crippen LogP) is 3.14. The Morgan fingerprint density at radius 3 is 2.40 bits per heavy atom. The van der Waals surface area contributed by atoms with E-state index in [2.05, 4.69) is 74.7 Å². The van der Waals surface area contributed by atoms with Gasteiger partial charge in [-0.25, -0.2) is 0 Å². The van der Waals surface area contributed by atoms with Gasteiger partial charge in [0.05, 0.1) is 19.8 Å². The van der Waals surface area contributed by atoms with Gasteiger partial charge in [0.15, 0.2) is 5.96 Å². The summed E-state index contributed by atoms with van der Waals surface area (Å²) in [5.74, 6) is 0.959. The van der Waals surface area contributed by atoms with Crippen molar-refractivity contribution in [3.05, 3.63) is 65.7 Å². The van der Waals surface area contributed by atoms with E-state index in [9.17, 15) is 0 Å². The van der Waals surface area contributed by atoms with Gasteiger partial charge in [-0.05, 0) is 30.2 Å². The maximum Gasteiger partial charge on any atom is 0.194 e. The summed E-state index contributed by atoms with van der Waals surface area (Å²) < 4.78 is 11.0. The van der Waals surface area contributed by atoms with Crippen LogP contribution in [0, 0.1) is 0 Å². The summed E-state index contributed by atoms with van der Waals surface area (Å²) in [5, 5.41) is 3.52. The maximum absolute atomic E-state index is 5.68. The van der Waals surface area contributed by atoms with Crippen LogP contribution in [-0.2, 0) is 22.6 Å². The van der Waals surface area contributed by atoms with Gasteiger partial charge < -0.3 is 24.6 Å². The number of para-hydroxylation sites is 1. The fourth-order valence-corrected chi connectivity index (χ4v) is 3.61. The van der Waals surface area contributed by atoms with Crippen molar-refractivity contribution in [2.45, 2.75) is 20.1 Å². The minimum absolute atomic E-state index is 0.608. The van der Waals surface area contributed by atoms with E-state index in [4.69, 9.17) is 9.47 Å². The Hall–Kier alpha value is -2.57. The summed E-state index contributed by atoms with van der Waals surface area (Å²) in [5.41, 5.74) is 3.70. The molecule has 0 amide bonds. The first-order chi connectivity index (χ1) is 14.8. The molecule has 0 bridgehead atoms. The summed E-state index contributed by atoms with van der Waals surface area (Å²) >= 11 is 0. The molecule has 0 unspecified atom stereocenters. The predicted molar refractivity (Wildman–Crippen MR) is 123 cm³/mol. The van der Waals surface area contributed by atoms with E-state index in [-0.39, 0.29) is 0 Å². The fraction of sp³-hybridized carbons (Fsp3) is 0.458. The first-order valence-corrected chi connectivity index (χ1v) is 10.8. The monoisotopic (exact) mass is 410 g/mol. The minimum Gasteiger partial charge on any atom is -0.379 e. The number of guanidine groups is 1. The van der Waals surface area contributed by atoms with Gasteiger partial charge in [0.2, 0.25) is 0 Å². The number of anilines is 1. The molecule has 1 heterocycles. The van der Waals surface area contributed by atoms with Crippen LogP contribution >= 0.6 is 0 Å². The molecule has 2 aromatic carbocycles. The zero-order valence-electron chi connectivity index (χ0n) is 18.2. The quantitative estimate of drug-likeness (QED) is 0.391. The van der Waals surface area contributed by atoms with E-state index in [1.54, 1.807) is 0 Å². The Balaban J connectivity index is 1.45. The number of aliphatic imine (C=N–C) groups is 1. The first kappa shape index (κ1) is 22.1. The van der Waals surface area contributed by atoms with E-state index in [1.807, 2.05) is 14.0 Å². The highest BCUT2D eigenvalue weighted by atomic mass is 16.5. The van der Waals surface area contributed by atoms with Gasteiger partial charge in [0.1, 0.15) is 0 Å². The summed E-state index contributed by atoms with van der Waals surface area (Å²) in [4.78, 5) is 9.26.